The monoisotopic (exact) mass is 351 g/mol. The molecule has 136 valence electrons. The number of hydrogen-bond acceptors (Lipinski definition) is 4. The zero-order chi connectivity index (χ0) is 18.0. The summed E-state index contributed by atoms with van der Waals surface area (Å²) in [6, 6.07) is 18.0. The van der Waals surface area contributed by atoms with E-state index in [2.05, 4.69) is 10.9 Å². The summed E-state index contributed by atoms with van der Waals surface area (Å²) < 4.78 is 0. The fraction of sp³-hybridized carbons (Fsp3) is 0.381. The molecule has 2 heterocycles. The summed E-state index contributed by atoms with van der Waals surface area (Å²) in [6.07, 6.45) is 2.19. The van der Waals surface area contributed by atoms with Crippen LogP contribution in [-0.2, 0) is 5.60 Å². The quantitative estimate of drug-likeness (QED) is 0.794. The van der Waals surface area contributed by atoms with Gasteiger partial charge in [0.15, 0.2) is 0 Å². The second-order valence-electron chi connectivity index (χ2n) is 7.22. The Kier molecular flexibility index (Phi) is 4.76. The van der Waals surface area contributed by atoms with Crippen LogP contribution in [0.25, 0.3) is 0 Å². The molecular formula is C21H25N3O2. The molecule has 5 heteroatoms. The van der Waals surface area contributed by atoms with E-state index in [0.29, 0.717) is 37.5 Å². The van der Waals surface area contributed by atoms with Gasteiger partial charge in [0.1, 0.15) is 0 Å². The highest BCUT2D eigenvalue weighted by molar-refractivity contribution is 5.94. The summed E-state index contributed by atoms with van der Waals surface area (Å²) in [5, 5.41) is 10.9. The highest BCUT2D eigenvalue weighted by atomic mass is 16.3. The maximum Gasteiger partial charge on any atom is 0.253 e. The van der Waals surface area contributed by atoms with Crippen molar-refractivity contribution in [3.05, 3.63) is 71.3 Å². The second-order valence-corrected chi connectivity index (χ2v) is 7.22. The number of aliphatic hydroxyl groups is 1. The Morgan fingerprint density at radius 1 is 1.04 bits per heavy atom. The van der Waals surface area contributed by atoms with Gasteiger partial charge in [-0.2, -0.15) is 0 Å². The zero-order valence-electron chi connectivity index (χ0n) is 14.8. The molecule has 5 nitrogen and oxygen atoms in total. The molecule has 0 spiro atoms. The number of rotatable bonds is 3. The van der Waals surface area contributed by atoms with E-state index >= 15 is 0 Å². The number of amides is 1. The molecule has 0 saturated carbocycles. The van der Waals surface area contributed by atoms with Crippen LogP contribution < -0.4 is 10.9 Å². The van der Waals surface area contributed by atoms with Gasteiger partial charge in [-0.25, -0.2) is 0 Å². The van der Waals surface area contributed by atoms with Crippen LogP contribution in [0.15, 0.2) is 54.6 Å². The molecule has 2 aliphatic heterocycles. The first-order chi connectivity index (χ1) is 12.7. The van der Waals surface area contributed by atoms with E-state index in [1.165, 1.54) is 5.56 Å². The number of hydrazine groups is 1. The smallest absolute Gasteiger partial charge is 0.253 e. The third-order valence-corrected chi connectivity index (χ3v) is 5.58. The summed E-state index contributed by atoms with van der Waals surface area (Å²) in [4.78, 5) is 14.6. The first-order valence-corrected chi connectivity index (χ1v) is 9.31. The molecule has 2 aliphatic rings. The van der Waals surface area contributed by atoms with Crippen LogP contribution in [-0.4, -0.2) is 35.5 Å². The van der Waals surface area contributed by atoms with Crippen molar-refractivity contribution in [3.63, 3.8) is 0 Å². The number of carbonyl (C=O) groups is 1. The lowest BCUT2D eigenvalue weighted by atomic mass is 9.84. The van der Waals surface area contributed by atoms with E-state index in [-0.39, 0.29) is 5.91 Å². The van der Waals surface area contributed by atoms with Crippen molar-refractivity contribution in [3.8, 4) is 0 Å². The van der Waals surface area contributed by atoms with Gasteiger partial charge in [0, 0.05) is 31.2 Å². The van der Waals surface area contributed by atoms with Gasteiger partial charge in [0.05, 0.1) is 5.60 Å². The predicted molar refractivity (Wildman–Crippen MR) is 100 cm³/mol. The van der Waals surface area contributed by atoms with Crippen LogP contribution in [0.1, 0.15) is 46.8 Å². The Bertz CT molecular complexity index is 747. The van der Waals surface area contributed by atoms with Crippen molar-refractivity contribution in [2.45, 2.75) is 30.9 Å². The molecule has 2 aromatic rings. The minimum atomic E-state index is -0.830. The van der Waals surface area contributed by atoms with Crippen molar-refractivity contribution < 1.29 is 9.90 Å². The standard InChI is InChI=1S/C21H25N3O2/c25-20(17-8-6-16(7-9-17)19-10-13-22-23-19)24-14-11-21(26,12-15-24)18-4-2-1-3-5-18/h1-9,19,22-23,26H,10-15H2. The minimum absolute atomic E-state index is 0.0455. The largest absolute Gasteiger partial charge is 0.385 e. The Hall–Kier alpha value is -2.21. The molecule has 0 aliphatic carbocycles. The van der Waals surface area contributed by atoms with Crippen LogP contribution in [0.2, 0.25) is 0 Å². The molecule has 1 atom stereocenters. The topological polar surface area (TPSA) is 64.6 Å². The Balaban J connectivity index is 1.40. The predicted octanol–water partition coefficient (Wildman–Crippen LogP) is 2.35. The maximum absolute atomic E-state index is 12.8. The van der Waals surface area contributed by atoms with Gasteiger partial charge < -0.3 is 10.0 Å². The maximum atomic E-state index is 12.8. The van der Waals surface area contributed by atoms with Crippen LogP contribution in [0.5, 0.6) is 0 Å². The fourth-order valence-corrected chi connectivity index (χ4v) is 3.89. The molecule has 1 amide bonds. The summed E-state index contributed by atoms with van der Waals surface area (Å²) in [7, 11) is 0. The van der Waals surface area contributed by atoms with Crippen molar-refractivity contribution in [1.29, 1.82) is 0 Å². The fourth-order valence-electron chi connectivity index (χ4n) is 3.89. The summed E-state index contributed by atoms with van der Waals surface area (Å²) >= 11 is 0. The molecule has 2 fully saturated rings. The molecule has 0 radical (unpaired) electrons. The van der Waals surface area contributed by atoms with E-state index in [0.717, 1.165) is 18.5 Å². The lowest BCUT2D eigenvalue weighted by molar-refractivity contribution is -0.0211. The average molecular weight is 351 g/mol. The van der Waals surface area contributed by atoms with Gasteiger partial charge in [-0.05, 0) is 42.5 Å². The lowest BCUT2D eigenvalue weighted by Crippen LogP contribution is -2.45. The second kappa shape index (κ2) is 7.19. The Morgan fingerprint density at radius 2 is 1.73 bits per heavy atom. The summed E-state index contributed by atoms with van der Waals surface area (Å²) in [5.74, 6) is 0.0455. The third-order valence-electron chi connectivity index (χ3n) is 5.58. The number of nitrogens with one attached hydrogen (secondary N) is 2. The number of likely N-dealkylation sites (tertiary alicyclic amines) is 1. The van der Waals surface area contributed by atoms with Crippen molar-refractivity contribution in [2.75, 3.05) is 19.6 Å². The molecule has 0 aromatic heterocycles. The highest BCUT2D eigenvalue weighted by Crippen LogP contribution is 2.33. The number of nitrogens with zero attached hydrogens (tertiary/aromatic N) is 1. The third kappa shape index (κ3) is 3.38. The number of piperidine rings is 1. The molecular weight excluding hydrogens is 326 g/mol. The van der Waals surface area contributed by atoms with Crippen molar-refractivity contribution >= 4 is 5.91 Å². The van der Waals surface area contributed by atoms with Crippen LogP contribution >= 0.6 is 0 Å². The molecule has 3 N–H and O–H groups in total. The van der Waals surface area contributed by atoms with Gasteiger partial charge in [0.2, 0.25) is 0 Å². The molecule has 0 bridgehead atoms. The van der Waals surface area contributed by atoms with Crippen LogP contribution in [0.4, 0.5) is 0 Å². The normalized spacial score (nSPS) is 22.3. The average Bonchev–Trinajstić information content (AvgIpc) is 3.24. The van der Waals surface area contributed by atoms with E-state index in [1.807, 2.05) is 59.5 Å². The molecule has 2 saturated heterocycles. The van der Waals surface area contributed by atoms with E-state index in [1.54, 1.807) is 0 Å². The highest BCUT2D eigenvalue weighted by Gasteiger charge is 2.35. The van der Waals surface area contributed by atoms with Crippen molar-refractivity contribution in [1.82, 2.24) is 15.8 Å². The van der Waals surface area contributed by atoms with E-state index in [4.69, 9.17) is 0 Å². The minimum Gasteiger partial charge on any atom is -0.385 e. The lowest BCUT2D eigenvalue weighted by Gasteiger charge is -2.38. The molecule has 26 heavy (non-hydrogen) atoms. The van der Waals surface area contributed by atoms with Gasteiger partial charge in [-0.1, -0.05) is 42.5 Å². The molecule has 2 aromatic carbocycles. The Morgan fingerprint density at radius 3 is 2.35 bits per heavy atom. The SMILES string of the molecule is O=C(c1ccc(C2CCNN2)cc1)N1CCC(O)(c2ccccc2)CC1. The van der Waals surface area contributed by atoms with E-state index < -0.39 is 5.60 Å². The van der Waals surface area contributed by atoms with Gasteiger partial charge >= 0.3 is 0 Å². The number of hydrogen-bond donors (Lipinski definition) is 3. The summed E-state index contributed by atoms with van der Waals surface area (Å²) in [5.41, 5.74) is 8.39. The van der Waals surface area contributed by atoms with Gasteiger partial charge in [-0.15, -0.1) is 0 Å². The zero-order valence-corrected chi connectivity index (χ0v) is 14.8. The number of benzene rings is 2. The van der Waals surface area contributed by atoms with Gasteiger partial charge in [-0.3, -0.25) is 15.6 Å². The van der Waals surface area contributed by atoms with Crippen LogP contribution in [0.3, 0.4) is 0 Å². The summed E-state index contributed by atoms with van der Waals surface area (Å²) in [6.45, 7) is 2.10. The molecule has 4 rings (SSSR count). The number of carbonyl (C=O) groups excluding carboxylic acids is 1. The first kappa shape index (κ1) is 17.2. The Labute approximate surface area is 154 Å². The van der Waals surface area contributed by atoms with Gasteiger partial charge in [0.25, 0.3) is 5.91 Å². The van der Waals surface area contributed by atoms with E-state index in [9.17, 15) is 9.90 Å². The van der Waals surface area contributed by atoms with Crippen molar-refractivity contribution in [2.24, 2.45) is 0 Å². The molecule has 1 unspecified atom stereocenters. The van der Waals surface area contributed by atoms with Crippen LogP contribution in [0, 0.1) is 0 Å². The first-order valence-electron chi connectivity index (χ1n) is 9.31.